The van der Waals surface area contributed by atoms with Gasteiger partial charge in [0, 0.05) is 60.7 Å². The van der Waals surface area contributed by atoms with Crippen LogP contribution in [0.2, 0.25) is 0 Å². The lowest BCUT2D eigenvalue weighted by Gasteiger charge is -2.25. The van der Waals surface area contributed by atoms with Crippen LogP contribution in [0.15, 0.2) is 30.5 Å². The van der Waals surface area contributed by atoms with Crippen LogP contribution in [0.3, 0.4) is 0 Å². The van der Waals surface area contributed by atoms with Crippen molar-refractivity contribution >= 4 is 11.7 Å². The van der Waals surface area contributed by atoms with Crippen molar-refractivity contribution in [1.29, 1.82) is 5.26 Å². The monoisotopic (exact) mass is 437 g/mol. The van der Waals surface area contributed by atoms with Crippen molar-refractivity contribution in [2.75, 3.05) is 26.0 Å². The van der Waals surface area contributed by atoms with Crippen LogP contribution < -0.4 is 9.64 Å². The lowest BCUT2D eigenvalue weighted by atomic mass is 10.00. The molecule has 0 fully saturated rings. The third-order valence-electron chi connectivity index (χ3n) is 5.33. The molecule has 0 radical (unpaired) electrons. The van der Waals surface area contributed by atoms with E-state index in [0.717, 1.165) is 0 Å². The number of fused-ring (bicyclic) bond motifs is 5. The van der Waals surface area contributed by atoms with Gasteiger partial charge in [0.1, 0.15) is 23.7 Å². The van der Waals surface area contributed by atoms with Crippen LogP contribution in [0, 0.1) is 17.1 Å². The summed E-state index contributed by atoms with van der Waals surface area (Å²) >= 11 is 0. The normalized spacial score (nSPS) is 17.4. The van der Waals surface area contributed by atoms with Gasteiger partial charge in [-0.2, -0.15) is 10.4 Å². The summed E-state index contributed by atoms with van der Waals surface area (Å²) in [7, 11) is 5.07. The Bertz CT molecular complexity index is 1360. The number of anilines is 1. The number of rotatable bonds is 1. The number of nitrogens with zero attached hydrogens (tertiary/aromatic N) is 6. The number of aryl methyl sites for hydroxylation is 1. The molecule has 1 aromatic carbocycles. The first-order valence-electron chi connectivity index (χ1n) is 11.3. The minimum atomic E-state index is -2.72. The molecule has 4 rings (SSSR count). The molecule has 0 aliphatic carbocycles. The van der Waals surface area contributed by atoms with E-state index in [1.807, 2.05) is 6.07 Å². The van der Waals surface area contributed by atoms with Crippen LogP contribution in [-0.2, 0) is 13.5 Å². The molecule has 0 N–H and O–H groups in total. The fraction of sp³-hybridized carbons (Fsp3) is 0.304. The quantitative estimate of drug-likeness (QED) is 0.581. The van der Waals surface area contributed by atoms with Crippen LogP contribution >= 0.6 is 0 Å². The number of pyridine rings is 1. The molecule has 32 heavy (non-hydrogen) atoms. The number of aromatic nitrogens is 3. The fourth-order valence-electron chi connectivity index (χ4n) is 3.80. The number of hydrogen-bond acceptors (Lipinski definition) is 6. The largest absolute Gasteiger partial charge is 0.482 e. The highest BCUT2D eigenvalue weighted by Crippen LogP contribution is 2.37. The number of benzene rings is 1. The first-order valence-corrected chi connectivity index (χ1v) is 9.84. The van der Waals surface area contributed by atoms with Gasteiger partial charge >= 0.3 is 0 Å². The number of nitriles is 1. The molecule has 1 atom stereocenters. The average Bonchev–Trinajstić information content (AvgIpc) is 3.16. The maximum atomic E-state index is 14.2. The molecular weight excluding hydrogens is 411 g/mol. The molecule has 3 heterocycles. The van der Waals surface area contributed by atoms with Crippen LogP contribution in [-0.4, -0.2) is 46.7 Å². The number of amides is 1. The molecule has 1 amide bonds. The molecule has 0 spiro atoms. The Morgan fingerprint density at radius 3 is 2.84 bits per heavy atom. The number of carbonyl (C=O) groups is 1. The second-order valence-electron chi connectivity index (χ2n) is 7.79. The molecule has 164 valence electrons. The van der Waals surface area contributed by atoms with E-state index >= 15 is 0 Å². The van der Waals surface area contributed by atoms with Crippen molar-refractivity contribution in [2.45, 2.75) is 19.6 Å². The molecule has 0 saturated heterocycles. The van der Waals surface area contributed by atoms with E-state index in [4.69, 9.17) is 8.85 Å². The minimum Gasteiger partial charge on any atom is -0.482 e. The molecule has 0 unspecified atom stereocenters. The molecule has 2 bridgehead atoms. The third-order valence-corrected chi connectivity index (χ3v) is 5.33. The molecule has 2 aromatic heterocycles. The van der Waals surface area contributed by atoms with Crippen LogP contribution in [0.4, 0.5) is 10.2 Å². The molecule has 1 aliphatic heterocycles. The van der Waals surface area contributed by atoms with Gasteiger partial charge in [-0.05, 0) is 31.2 Å². The number of carbonyl (C=O) groups excluding carboxylic acids is 1. The summed E-state index contributed by atoms with van der Waals surface area (Å²) in [5.41, 5.74) is 1.26. The Morgan fingerprint density at radius 1 is 1.38 bits per heavy atom. The van der Waals surface area contributed by atoms with E-state index < -0.39 is 24.8 Å². The smallest absolute Gasteiger partial charge is 0.254 e. The number of ether oxygens (including phenoxy) is 1. The van der Waals surface area contributed by atoms with Gasteiger partial charge in [-0.15, -0.1) is 0 Å². The second kappa shape index (κ2) is 7.96. The molecule has 0 saturated carbocycles. The SMILES string of the molecule is [2H]C([2H])([2H])n1nc2c(c1C#N)-c1cnc(N(C)C)c(c1)O[C@H](C)c1cc(F)ccc1C(=O)N(C)C2. The maximum absolute atomic E-state index is 14.2. The van der Waals surface area contributed by atoms with Crippen molar-refractivity contribution in [2.24, 2.45) is 6.98 Å². The van der Waals surface area contributed by atoms with E-state index in [9.17, 15) is 14.4 Å². The summed E-state index contributed by atoms with van der Waals surface area (Å²) in [6.45, 7) is -1.12. The van der Waals surface area contributed by atoms with E-state index in [2.05, 4.69) is 10.1 Å². The highest BCUT2D eigenvalue weighted by atomic mass is 19.1. The maximum Gasteiger partial charge on any atom is 0.254 e. The van der Waals surface area contributed by atoms with Gasteiger partial charge < -0.3 is 14.5 Å². The van der Waals surface area contributed by atoms with Gasteiger partial charge in [-0.25, -0.2) is 9.37 Å². The molecule has 8 nitrogen and oxygen atoms in total. The van der Waals surface area contributed by atoms with E-state index in [0.29, 0.717) is 27.4 Å². The van der Waals surface area contributed by atoms with Gasteiger partial charge in [0.05, 0.1) is 12.2 Å². The zero-order valence-corrected chi connectivity index (χ0v) is 18.0. The first kappa shape index (κ1) is 17.7. The van der Waals surface area contributed by atoms with Gasteiger partial charge in [-0.3, -0.25) is 9.48 Å². The third kappa shape index (κ3) is 3.54. The predicted molar refractivity (Wildman–Crippen MR) is 117 cm³/mol. The zero-order chi connectivity index (χ0) is 25.7. The standard InChI is InChI=1S/C23H23FN6O2/c1-13-17-9-15(24)6-7-16(17)23(31)29(4)12-18-21(19(10-25)30(5)27-18)14-8-20(32-13)22(26-11-14)28(2)3/h6-9,11,13H,12H2,1-5H3/t13-/m1/s1/i5D3. The second-order valence-corrected chi connectivity index (χ2v) is 7.79. The van der Waals surface area contributed by atoms with Gasteiger partial charge in [0.15, 0.2) is 11.6 Å². The highest BCUT2D eigenvalue weighted by Gasteiger charge is 2.27. The lowest BCUT2D eigenvalue weighted by molar-refractivity contribution is 0.0778. The van der Waals surface area contributed by atoms with E-state index in [1.165, 1.54) is 36.3 Å². The summed E-state index contributed by atoms with van der Waals surface area (Å²) in [6.07, 6.45) is 0.771. The average molecular weight is 437 g/mol. The Labute approximate surface area is 189 Å². The Hall–Kier alpha value is -3.93. The fourth-order valence-corrected chi connectivity index (χ4v) is 3.80. The highest BCUT2D eigenvalue weighted by molar-refractivity contribution is 5.96. The van der Waals surface area contributed by atoms with E-state index in [1.54, 1.807) is 32.0 Å². The Morgan fingerprint density at radius 2 is 2.16 bits per heavy atom. The Balaban J connectivity index is 2.04. The van der Waals surface area contributed by atoms with E-state index in [-0.39, 0.29) is 29.1 Å². The van der Waals surface area contributed by atoms with Crippen LogP contribution in [0.25, 0.3) is 11.1 Å². The van der Waals surface area contributed by atoms with Gasteiger partial charge in [0.2, 0.25) is 0 Å². The molecule has 9 heteroatoms. The molecule has 3 aromatic rings. The van der Waals surface area contributed by atoms with Crippen LogP contribution in [0.1, 0.15) is 44.4 Å². The number of halogens is 1. The van der Waals surface area contributed by atoms with Crippen molar-refractivity contribution in [3.8, 4) is 22.9 Å². The van der Waals surface area contributed by atoms with Gasteiger partial charge in [-0.1, -0.05) is 0 Å². The first-order chi connectivity index (χ1) is 16.4. The predicted octanol–water partition coefficient (Wildman–Crippen LogP) is 3.28. The van der Waals surface area contributed by atoms with Crippen molar-refractivity contribution in [3.05, 3.63) is 58.8 Å². The molecule has 1 aliphatic rings. The Kier molecular flexibility index (Phi) is 4.41. The summed E-state index contributed by atoms with van der Waals surface area (Å²) in [6, 6.07) is 7.43. The van der Waals surface area contributed by atoms with Crippen molar-refractivity contribution < 1.29 is 18.0 Å². The summed E-state index contributed by atoms with van der Waals surface area (Å²) < 4.78 is 44.5. The van der Waals surface area contributed by atoms with Crippen molar-refractivity contribution in [1.82, 2.24) is 19.7 Å². The number of hydrogen-bond donors (Lipinski definition) is 0. The van der Waals surface area contributed by atoms with Gasteiger partial charge in [0.25, 0.3) is 5.91 Å². The van der Waals surface area contributed by atoms with Crippen LogP contribution in [0.5, 0.6) is 5.75 Å². The lowest BCUT2D eigenvalue weighted by Crippen LogP contribution is -2.28. The zero-order valence-electron chi connectivity index (χ0n) is 21.0. The topological polar surface area (TPSA) is 87.3 Å². The summed E-state index contributed by atoms with van der Waals surface area (Å²) in [5.74, 6) is -0.173. The summed E-state index contributed by atoms with van der Waals surface area (Å²) in [4.78, 5) is 20.9. The van der Waals surface area contributed by atoms with Crippen molar-refractivity contribution in [3.63, 3.8) is 0 Å². The summed E-state index contributed by atoms with van der Waals surface area (Å²) in [5, 5.41) is 14.1. The molecular formula is C23H23FN6O2. The minimum absolute atomic E-state index is 0.0945.